The zero-order chi connectivity index (χ0) is 29.2. The van der Waals surface area contributed by atoms with Crippen molar-refractivity contribution in [3.63, 3.8) is 0 Å². The van der Waals surface area contributed by atoms with Gasteiger partial charge in [0.1, 0.15) is 0 Å². The molecule has 0 saturated carbocycles. The maximum atomic E-state index is 13.2. The summed E-state index contributed by atoms with van der Waals surface area (Å²) >= 11 is 9.95. The molecule has 4 rings (SSSR count). The van der Waals surface area contributed by atoms with Crippen LogP contribution in [0.5, 0.6) is 0 Å². The van der Waals surface area contributed by atoms with Gasteiger partial charge >= 0.3 is 236 Å². The SMILES string of the molecule is CC1(O)CCCC2=C1I(c1cccc(Cl)c1)CN=C2CNC(=O)N(C[C@H](O)C(F)(F)F)C(=N)c1ccc(Cl)cc1. The van der Waals surface area contributed by atoms with Crippen LogP contribution in [-0.2, 0) is 0 Å². The van der Waals surface area contributed by atoms with E-state index in [1.165, 1.54) is 24.3 Å². The summed E-state index contributed by atoms with van der Waals surface area (Å²) in [6.07, 6.45) is -5.90. The van der Waals surface area contributed by atoms with Crippen molar-refractivity contribution in [2.24, 2.45) is 4.99 Å². The van der Waals surface area contributed by atoms with Crippen LogP contribution in [0.3, 0.4) is 0 Å². The third kappa shape index (κ3) is 6.99. The average Bonchev–Trinajstić information content (AvgIpc) is 2.89. The molecule has 0 fully saturated rings. The van der Waals surface area contributed by atoms with Gasteiger partial charge in [-0.25, -0.2) is 0 Å². The molecule has 0 aromatic heterocycles. The molecule has 0 bridgehead atoms. The number of aliphatic hydroxyl groups excluding tert-OH is 1. The fraction of sp³-hybridized carbons (Fsp3) is 0.370. The predicted octanol–water partition coefficient (Wildman–Crippen LogP) is 6.23. The molecule has 1 unspecified atom stereocenters. The number of carbonyl (C=O) groups excluding carboxylic acids is 1. The molecule has 13 heteroatoms. The minimum absolute atomic E-state index is 0.111. The molecule has 216 valence electrons. The summed E-state index contributed by atoms with van der Waals surface area (Å²) in [6.45, 7) is 0.502. The fourth-order valence-electron chi connectivity index (χ4n) is 4.61. The van der Waals surface area contributed by atoms with Crippen molar-refractivity contribution in [1.82, 2.24) is 10.2 Å². The zero-order valence-corrected chi connectivity index (χ0v) is 25.1. The first-order valence-corrected chi connectivity index (χ1v) is 16.8. The summed E-state index contributed by atoms with van der Waals surface area (Å²) in [4.78, 5) is 18.5. The monoisotopic (exact) mass is 710 g/mol. The van der Waals surface area contributed by atoms with Gasteiger partial charge in [-0.1, -0.05) is 11.6 Å². The molecule has 2 aromatic rings. The van der Waals surface area contributed by atoms with Crippen LogP contribution in [0.4, 0.5) is 18.0 Å². The Bertz CT molecular complexity index is 1350. The Hall–Kier alpha value is -2.19. The van der Waals surface area contributed by atoms with Crippen molar-refractivity contribution in [2.75, 3.05) is 17.6 Å². The Morgan fingerprint density at radius 3 is 2.58 bits per heavy atom. The number of halogens is 6. The Morgan fingerprint density at radius 2 is 1.93 bits per heavy atom. The number of rotatable bonds is 6. The van der Waals surface area contributed by atoms with E-state index >= 15 is 0 Å². The maximum absolute atomic E-state index is 13.2. The third-order valence-corrected chi connectivity index (χ3v) is 13.4. The molecule has 40 heavy (non-hydrogen) atoms. The number of nitrogens with one attached hydrogen (secondary N) is 2. The van der Waals surface area contributed by atoms with Crippen LogP contribution >= 0.6 is 43.0 Å². The Labute approximate surface area is 247 Å². The van der Waals surface area contributed by atoms with Gasteiger partial charge in [0.05, 0.1) is 0 Å². The number of nitrogens with zero attached hydrogens (tertiary/aromatic N) is 2. The van der Waals surface area contributed by atoms with Crippen molar-refractivity contribution in [2.45, 2.75) is 44.1 Å². The first-order chi connectivity index (χ1) is 18.8. The van der Waals surface area contributed by atoms with Gasteiger partial charge in [-0.2, -0.15) is 0 Å². The van der Waals surface area contributed by atoms with Gasteiger partial charge in [-0.05, 0) is 0 Å². The molecule has 1 aliphatic carbocycles. The summed E-state index contributed by atoms with van der Waals surface area (Å²) in [7, 11) is 0. The first-order valence-electron chi connectivity index (χ1n) is 12.3. The Morgan fingerprint density at radius 1 is 1.23 bits per heavy atom. The number of alkyl halides is 4. The van der Waals surface area contributed by atoms with Crippen LogP contribution in [0.2, 0.25) is 10.0 Å². The summed E-state index contributed by atoms with van der Waals surface area (Å²) in [6, 6.07) is 12.2. The number of hydrogen-bond acceptors (Lipinski definition) is 5. The van der Waals surface area contributed by atoms with Crippen LogP contribution < -0.4 is 5.32 Å². The van der Waals surface area contributed by atoms with E-state index < -0.39 is 56.1 Å². The normalized spacial score (nSPS) is 20.9. The van der Waals surface area contributed by atoms with Gasteiger partial charge < -0.3 is 0 Å². The second kappa shape index (κ2) is 12.4. The second-order valence-corrected chi connectivity index (χ2v) is 15.6. The number of hydrogen-bond donors (Lipinski definition) is 4. The zero-order valence-electron chi connectivity index (χ0n) is 21.4. The molecule has 1 heterocycles. The van der Waals surface area contributed by atoms with E-state index in [0.717, 1.165) is 12.7 Å². The average molecular weight is 711 g/mol. The van der Waals surface area contributed by atoms with Gasteiger partial charge in [0.25, 0.3) is 0 Å². The number of amides is 2. The van der Waals surface area contributed by atoms with E-state index in [-0.39, 0.29) is 12.1 Å². The van der Waals surface area contributed by atoms with Crippen LogP contribution in [0, 0.1) is 8.98 Å². The van der Waals surface area contributed by atoms with Crippen molar-refractivity contribution in [3.8, 4) is 0 Å². The van der Waals surface area contributed by atoms with Crippen molar-refractivity contribution in [3.05, 3.63) is 76.9 Å². The van der Waals surface area contributed by atoms with Crippen LogP contribution in [0.25, 0.3) is 0 Å². The predicted molar refractivity (Wildman–Crippen MR) is 158 cm³/mol. The molecule has 4 N–H and O–H groups in total. The van der Waals surface area contributed by atoms with E-state index in [1.54, 1.807) is 13.0 Å². The summed E-state index contributed by atoms with van der Waals surface area (Å²) in [5.41, 5.74) is 0.509. The van der Waals surface area contributed by atoms with E-state index in [9.17, 15) is 28.2 Å². The molecule has 0 radical (unpaired) electrons. The summed E-state index contributed by atoms with van der Waals surface area (Å²) in [5, 5.41) is 33.0. The van der Waals surface area contributed by atoms with E-state index in [1.807, 2.05) is 18.2 Å². The number of amidine groups is 1. The Kier molecular flexibility index (Phi) is 9.50. The van der Waals surface area contributed by atoms with Crippen LogP contribution in [-0.4, -0.2) is 68.2 Å². The van der Waals surface area contributed by atoms with E-state index in [2.05, 4.69) is 5.32 Å². The fourth-order valence-corrected chi connectivity index (χ4v) is 11.6. The van der Waals surface area contributed by atoms with Crippen molar-refractivity contribution >= 4 is 60.6 Å². The molecule has 2 aromatic carbocycles. The topological polar surface area (TPSA) is 109 Å². The van der Waals surface area contributed by atoms with Gasteiger partial charge in [-0.3, -0.25) is 0 Å². The molecule has 0 spiro atoms. The number of carbonyl (C=O) groups is 1. The molecule has 2 atom stereocenters. The van der Waals surface area contributed by atoms with Gasteiger partial charge in [-0.15, -0.1) is 0 Å². The summed E-state index contributed by atoms with van der Waals surface area (Å²) < 4.78 is 42.0. The van der Waals surface area contributed by atoms with Gasteiger partial charge in [0.2, 0.25) is 0 Å². The molecular formula is C27H28Cl2F3IN4O3. The third-order valence-electron chi connectivity index (χ3n) is 6.60. The first kappa shape index (κ1) is 30.8. The van der Waals surface area contributed by atoms with Crippen LogP contribution in [0.15, 0.2) is 62.7 Å². The molecular weight excluding hydrogens is 683 g/mol. The number of urea groups is 1. The van der Waals surface area contributed by atoms with Gasteiger partial charge in [0, 0.05) is 0 Å². The van der Waals surface area contributed by atoms with Crippen molar-refractivity contribution in [1.29, 1.82) is 5.41 Å². The molecule has 0 saturated heterocycles. The number of aliphatic hydroxyl groups is 2. The standard InChI is InChI=1S/C27H28Cl2F3IN4O3/c1-26(40)11-3-6-20-21(36-15-33(23(20)26)19-5-2-4-18(29)12-19)13-35-25(39)37(14-22(38)27(30,31)32)24(34)16-7-9-17(28)10-8-16/h2,4-5,7-10,12,22,34,38,40H,3,6,11,13-15H2,1H3,(H,35,39)/t22-,26?/m0/s1. The van der Waals surface area contributed by atoms with Crippen molar-refractivity contribution < 1.29 is 28.2 Å². The van der Waals surface area contributed by atoms with Crippen LogP contribution in [0.1, 0.15) is 31.7 Å². The molecule has 7 nitrogen and oxygen atoms in total. The van der Waals surface area contributed by atoms with Gasteiger partial charge in [0.15, 0.2) is 0 Å². The molecule has 1 aliphatic heterocycles. The van der Waals surface area contributed by atoms with E-state index in [0.29, 0.717) is 44.5 Å². The minimum atomic E-state index is -4.99. The quantitative estimate of drug-likeness (QED) is 0.0939. The van der Waals surface area contributed by atoms with E-state index in [4.69, 9.17) is 33.6 Å². The second-order valence-electron chi connectivity index (χ2n) is 9.63. The molecule has 2 amide bonds. The number of aliphatic imine (C=N–C) groups is 1. The summed E-state index contributed by atoms with van der Waals surface area (Å²) in [5.74, 6) is -0.530. The number of benzene rings is 2. The Balaban J connectivity index is 1.59. The molecule has 2 aliphatic rings.